The van der Waals surface area contributed by atoms with Gasteiger partial charge in [0.15, 0.2) is 0 Å². The zero-order valence-corrected chi connectivity index (χ0v) is 19.1. The number of nitrogens with one attached hydrogen (secondary N) is 1. The fourth-order valence-electron chi connectivity index (χ4n) is 3.89. The Balaban J connectivity index is 1.39. The van der Waals surface area contributed by atoms with Gasteiger partial charge in [-0.15, -0.1) is 0 Å². The monoisotopic (exact) mass is 483 g/mol. The van der Waals surface area contributed by atoms with Crippen molar-refractivity contribution in [1.82, 2.24) is 14.9 Å². The number of amides is 1. The second kappa shape index (κ2) is 9.66. The number of imidazole rings is 1. The average molecular weight is 484 g/mol. The van der Waals surface area contributed by atoms with Gasteiger partial charge >= 0.3 is 0 Å². The Labute approximate surface area is 190 Å². The summed E-state index contributed by atoms with van der Waals surface area (Å²) in [6.07, 6.45) is 5.38. The highest BCUT2D eigenvalue weighted by atomic mass is 79.9. The van der Waals surface area contributed by atoms with Gasteiger partial charge in [0.25, 0.3) is 5.91 Å². The van der Waals surface area contributed by atoms with Crippen LogP contribution < -0.4 is 10.1 Å². The van der Waals surface area contributed by atoms with Crippen molar-refractivity contribution < 1.29 is 14.3 Å². The van der Waals surface area contributed by atoms with Crippen molar-refractivity contribution >= 4 is 21.8 Å². The number of benzene rings is 2. The smallest absolute Gasteiger partial charge is 0.251 e. The van der Waals surface area contributed by atoms with Crippen molar-refractivity contribution in [3.05, 3.63) is 82.3 Å². The van der Waals surface area contributed by atoms with E-state index in [-0.39, 0.29) is 11.3 Å². The first-order valence-electron chi connectivity index (χ1n) is 10.4. The number of rotatable bonds is 7. The Bertz CT molecular complexity index is 1030. The summed E-state index contributed by atoms with van der Waals surface area (Å²) in [5.74, 6) is 1.46. The lowest BCUT2D eigenvalue weighted by Gasteiger charge is -2.38. The molecule has 6 nitrogen and oxygen atoms in total. The topological polar surface area (TPSA) is 65.4 Å². The first-order chi connectivity index (χ1) is 15.1. The number of ether oxygens (including phenoxy) is 2. The van der Waals surface area contributed by atoms with E-state index in [0.717, 1.165) is 23.1 Å². The van der Waals surface area contributed by atoms with Gasteiger partial charge in [0.05, 0.1) is 0 Å². The van der Waals surface area contributed by atoms with E-state index in [9.17, 15) is 4.79 Å². The van der Waals surface area contributed by atoms with Crippen LogP contribution in [0.15, 0.2) is 65.4 Å². The molecule has 1 aliphatic heterocycles. The van der Waals surface area contributed by atoms with E-state index < -0.39 is 0 Å². The van der Waals surface area contributed by atoms with Crippen molar-refractivity contribution in [2.75, 3.05) is 19.8 Å². The molecule has 7 heteroatoms. The van der Waals surface area contributed by atoms with Crippen LogP contribution in [0.4, 0.5) is 0 Å². The van der Waals surface area contributed by atoms with E-state index in [4.69, 9.17) is 9.47 Å². The van der Waals surface area contributed by atoms with E-state index in [1.807, 2.05) is 42.1 Å². The second-order valence-corrected chi connectivity index (χ2v) is 8.77. The predicted molar refractivity (Wildman–Crippen MR) is 122 cm³/mol. The Hall–Kier alpha value is -2.64. The van der Waals surface area contributed by atoms with Crippen LogP contribution in [0.2, 0.25) is 0 Å². The van der Waals surface area contributed by atoms with Gasteiger partial charge < -0.3 is 19.4 Å². The van der Waals surface area contributed by atoms with Gasteiger partial charge in [-0.05, 0) is 54.8 Å². The Morgan fingerprint density at radius 3 is 2.68 bits per heavy atom. The van der Waals surface area contributed by atoms with Gasteiger partial charge in [0.1, 0.15) is 18.2 Å². The number of carbonyl (C=O) groups excluding carboxylic acids is 1. The molecule has 1 aliphatic rings. The largest absolute Gasteiger partial charge is 0.486 e. The molecule has 3 aromatic rings. The van der Waals surface area contributed by atoms with Crippen LogP contribution in [0.3, 0.4) is 0 Å². The average Bonchev–Trinajstić information content (AvgIpc) is 3.22. The minimum atomic E-state index is -0.122. The van der Waals surface area contributed by atoms with E-state index in [2.05, 4.69) is 38.4 Å². The van der Waals surface area contributed by atoms with Gasteiger partial charge in [0.2, 0.25) is 0 Å². The van der Waals surface area contributed by atoms with Gasteiger partial charge in [0, 0.05) is 54.7 Å². The van der Waals surface area contributed by atoms with Crippen LogP contribution in [0.1, 0.15) is 34.6 Å². The highest BCUT2D eigenvalue weighted by molar-refractivity contribution is 9.10. The lowest BCUT2D eigenvalue weighted by molar-refractivity contribution is 0.0487. The third-order valence-corrected chi connectivity index (χ3v) is 6.37. The third kappa shape index (κ3) is 5.17. The minimum absolute atomic E-state index is 0.0866. The summed E-state index contributed by atoms with van der Waals surface area (Å²) in [6.45, 7) is 2.35. The van der Waals surface area contributed by atoms with Crippen molar-refractivity contribution in [2.45, 2.75) is 24.9 Å². The number of carbonyl (C=O) groups is 1. The van der Waals surface area contributed by atoms with Crippen LogP contribution in [0.25, 0.3) is 0 Å². The minimum Gasteiger partial charge on any atom is -0.486 e. The molecule has 0 bridgehead atoms. The molecule has 1 N–H and O–H groups in total. The summed E-state index contributed by atoms with van der Waals surface area (Å²) in [6, 6.07) is 15.6. The maximum Gasteiger partial charge on any atom is 0.251 e. The summed E-state index contributed by atoms with van der Waals surface area (Å²) in [7, 11) is 1.93. The van der Waals surface area contributed by atoms with Crippen LogP contribution in [-0.4, -0.2) is 35.2 Å². The molecule has 2 aromatic carbocycles. The van der Waals surface area contributed by atoms with Gasteiger partial charge in [-0.2, -0.15) is 0 Å². The fourth-order valence-corrected chi connectivity index (χ4v) is 4.28. The first kappa shape index (κ1) is 21.6. The molecule has 1 saturated heterocycles. The summed E-state index contributed by atoms with van der Waals surface area (Å²) in [4.78, 5) is 17.1. The summed E-state index contributed by atoms with van der Waals surface area (Å²) in [5, 5.41) is 3.14. The van der Waals surface area contributed by atoms with Crippen molar-refractivity contribution in [1.29, 1.82) is 0 Å². The van der Waals surface area contributed by atoms with Crippen molar-refractivity contribution in [3.8, 4) is 5.75 Å². The molecular formula is C24H26BrN3O3. The fraction of sp³-hybridized carbons (Fsp3) is 0.333. The Morgan fingerprint density at radius 1 is 1.23 bits per heavy atom. The normalized spacial score (nSPS) is 15.4. The number of halogens is 1. The molecule has 1 amide bonds. The van der Waals surface area contributed by atoms with Crippen LogP contribution in [-0.2, 0) is 23.8 Å². The number of nitrogens with zero attached hydrogens (tertiary/aromatic N) is 2. The predicted octanol–water partition coefficient (Wildman–Crippen LogP) is 4.24. The van der Waals surface area contributed by atoms with E-state index in [1.165, 1.54) is 5.56 Å². The zero-order valence-electron chi connectivity index (χ0n) is 17.5. The Morgan fingerprint density at radius 2 is 2.00 bits per heavy atom. The van der Waals surface area contributed by atoms with Gasteiger partial charge in [-0.3, -0.25) is 4.79 Å². The van der Waals surface area contributed by atoms with Gasteiger partial charge in [-0.1, -0.05) is 28.1 Å². The van der Waals surface area contributed by atoms with E-state index in [1.54, 1.807) is 18.3 Å². The lowest BCUT2D eigenvalue weighted by atomic mass is 9.74. The van der Waals surface area contributed by atoms with E-state index >= 15 is 0 Å². The molecule has 0 saturated carbocycles. The molecule has 0 unspecified atom stereocenters. The molecule has 162 valence electrons. The molecule has 1 fully saturated rings. The summed E-state index contributed by atoms with van der Waals surface area (Å²) >= 11 is 3.57. The van der Waals surface area contributed by atoms with Gasteiger partial charge in [-0.25, -0.2) is 4.98 Å². The molecule has 4 rings (SSSR count). The zero-order chi connectivity index (χ0) is 21.7. The van der Waals surface area contributed by atoms with Crippen molar-refractivity contribution in [2.24, 2.45) is 7.05 Å². The van der Waals surface area contributed by atoms with Crippen LogP contribution in [0, 0.1) is 0 Å². The first-order valence-corrected chi connectivity index (χ1v) is 11.2. The molecule has 0 radical (unpaired) electrons. The number of aryl methyl sites for hydroxylation is 1. The molecule has 0 atom stereocenters. The molecule has 1 aromatic heterocycles. The molecule has 0 aliphatic carbocycles. The Kier molecular flexibility index (Phi) is 6.73. The quantitative estimate of drug-likeness (QED) is 0.545. The van der Waals surface area contributed by atoms with Crippen LogP contribution in [0.5, 0.6) is 5.75 Å². The third-order valence-electron chi connectivity index (χ3n) is 5.88. The highest BCUT2D eigenvalue weighted by Crippen LogP contribution is 2.35. The molecular weight excluding hydrogens is 458 g/mol. The standard InChI is InChI=1S/C24H26BrN3O3/c1-28-12-11-26-22(28)16-31-21-7-5-18(6-8-21)23(29)27-17-24(9-13-30-14-10-24)19-3-2-4-20(25)15-19/h2-8,11-12,15H,9-10,13-14,16-17H2,1H3,(H,27,29). The number of hydrogen-bond acceptors (Lipinski definition) is 4. The number of hydrogen-bond donors (Lipinski definition) is 1. The molecule has 0 spiro atoms. The highest BCUT2D eigenvalue weighted by Gasteiger charge is 2.35. The lowest BCUT2D eigenvalue weighted by Crippen LogP contribution is -2.44. The molecule has 2 heterocycles. The number of aromatic nitrogens is 2. The van der Waals surface area contributed by atoms with Crippen molar-refractivity contribution in [3.63, 3.8) is 0 Å². The second-order valence-electron chi connectivity index (χ2n) is 7.85. The van der Waals surface area contributed by atoms with Crippen LogP contribution >= 0.6 is 15.9 Å². The maximum absolute atomic E-state index is 12.8. The maximum atomic E-state index is 12.8. The van der Waals surface area contributed by atoms with E-state index in [0.29, 0.717) is 37.7 Å². The summed E-state index contributed by atoms with van der Waals surface area (Å²) < 4.78 is 14.3. The SMILES string of the molecule is Cn1ccnc1COc1ccc(C(=O)NCC2(c3cccc(Br)c3)CCOCC2)cc1. The summed E-state index contributed by atoms with van der Waals surface area (Å²) in [5.41, 5.74) is 1.72. The molecule has 31 heavy (non-hydrogen) atoms.